The molecular weight excluding hydrogens is 698 g/mol. The maximum atomic E-state index is 13.7. The number of hydrogen-bond donors (Lipinski definition) is 0. The highest BCUT2D eigenvalue weighted by molar-refractivity contribution is 14.1. The van der Waals surface area contributed by atoms with Crippen LogP contribution in [0.3, 0.4) is 0 Å². The van der Waals surface area contributed by atoms with Gasteiger partial charge in [-0.1, -0.05) is 91.0 Å². The molecule has 0 bridgehead atoms. The van der Waals surface area contributed by atoms with Gasteiger partial charge in [0, 0.05) is 15.8 Å². The predicted octanol–water partition coefficient (Wildman–Crippen LogP) is 8.83. The number of benzene rings is 4. The summed E-state index contributed by atoms with van der Waals surface area (Å²) in [6.45, 7) is 5.04. The molecule has 4 aromatic rings. The zero-order valence-corrected chi connectivity index (χ0v) is 28.8. The van der Waals surface area contributed by atoms with Gasteiger partial charge in [-0.3, -0.25) is 9.69 Å². The Morgan fingerprint density at radius 1 is 0.889 bits per heavy atom. The van der Waals surface area contributed by atoms with Gasteiger partial charge in [0.1, 0.15) is 18.8 Å². The highest BCUT2D eigenvalue weighted by atomic mass is 127. The zero-order chi connectivity index (χ0) is 32.0. The van der Waals surface area contributed by atoms with Gasteiger partial charge >= 0.3 is 6.09 Å². The van der Waals surface area contributed by atoms with Crippen molar-refractivity contribution < 1.29 is 18.7 Å². The van der Waals surface area contributed by atoms with Gasteiger partial charge in [-0.25, -0.2) is 9.18 Å². The van der Waals surface area contributed by atoms with E-state index in [1.54, 1.807) is 21.9 Å². The van der Waals surface area contributed by atoms with Crippen LogP contribution >= 0.6 is 34.4 Å². The Labute approximate surface area is 283 Å². The van der Waals surface area contributed by atoms with Crippen molar-refractivity contribution in [3.8, 4) is 0 Å². The minimum absolute atomic E-state index is 0.109. The van der Waals surface area contributed by atoms with Gasteiger partial charge in [-0.15, -0.1) is 11.8 Å². The molecule has 1 saturated heterocycles. The summed E-state index contributed by atoms with van der Waals surface area (Å²) in [6, 6.07) is 36.6. The van der Waals surface area contributed by atoms with Gasteiger partial charge in [0.15, 0.2) is 0 Å². The molecule has 2 amide bonds. The highest BCUT2D eigenvalue weighted by Gasteiger charge is 2.40. The molecule has 0 N–H and O–H groups in total. The maximum absolute atomic E-state index is 13.7. The minimum atomic E-state index is -0.703. The van der Waals surface area contributed by atoms with Crippen LogP contribution in [0.25, 0.3) is 0 Å². The Balaban J connectivity index is 1.49. The summed E-state index contributed by atoms with van der Waals surface area (Å²) in [6.07, 6.45) is 0.111. The molecular formula is C37H38FIN2O3S. The second-order valence-corrected chi connectivity index (χ2v) is 14.7. The highest BCUT2D eigenvalue weighted by Crippen LogP contribution is 2.49. The zero-order valence-electron chi connectivity index (χ0n) is 25.8. The summed E-state index contributed by atoms with van der Waals surface area (Å²) in [7, 11) is 0. The molecule has 1 heterocycles. The number of piperazine rings is 1. The Morgan fingerprint density at radius 2 is 1.42 bits per heavy atom. The van der Waals surface area contributed by atoms with Gasteiger partial charge in [0.2, 0.25) is 5.91 Å². The van der Waals surface area contributed by atoms with Gasteiger partial charge in [-0.05, 0) is 96.0 Å². The monoisotopic (exact) mass is 736 g/mol. The number of carbonyl (C=O) groups is 2. The summed E-state index contributed by atoms with van der Waals surface area (Å²) in [5.74, 6) is 0.469. The summed E-state index contributed by atoms with van der Waals surface area (Å²) in [4.78, 5) is 30.2. The first kappa shape index (κ1) is 33.0. The van der Waals surface area contributed by atoms with Gasteiger partial charge in [-0.2, -0.15) is 0 Å². The SMILES string of the molecule is CC(C)(C)OC(=O)N1CC(=O)N(c2cc(I)cc(CF)c2)CC1CCSC(c1ccccc1)(c1ccccc1)c1ccccc1. The number of amides is 2. The van der Waals surface area contributed by atoms with Crippen molar-refractivity contribution in [1.82, 2.24) is 4.90 Å². The van der Waals surface area contributed by atoms with Crippen LogP contribution in [0.1, 0.15) is 49.4 Å². The predicted molar refractivity (Wildman–Crippen MR) is 189 cm³/mol. The lowest BCUT2D eigenvalue weighted by atomic mass is 9.84. The Hall–Kier alpha value is -3.37. The van der Waals surface area contributed by atoms with E-state index in [0.717, 1.165) is 20.3 Å². The van der Waals surface area contributed by atoms with Crippen LogP contribution < -0.4 is 4.90 Å². The fourth-order valence-corrected chi connectivity index (χ4v) is 8.11. The van der Waals surface area contributed by atoms with E-state index in [4.69, 9.17) is 4.74 Å². The number of ether oxygens (including phenoxy) is 1. The van der Waals surface area contributed by atoms with E-state index in [2.05, 4.69) is 95.4 Å². The Bertz CT molecular complexity index is 1500. The molecule has 1 aliphatic rings. The van der Waals surface area contributed by atoms with Gasteiger partial charge in [0.05, 0.1) is 10.8 Å². The van der Waals surface area contributed by atoms with Crippen molar-refractivity contribution in [1.29, 1.82) is 0 Å². The molecule has 0 aromatic heterocycles. The number of alkyl halides is 1. The van der Waals surface area contributed by atoms with Crippen LogP contribution in [0.15, 0.2) is 109 Å². The van der Waals surface area contributed by atoms with E-state index in [1.165, 1.54) is 0 Å². The van der Waals surface area contributed by atoms with Crippen molar-refractivity contribution in [3.05, 3.63) is 135 Å². The number of anilines is 1. The van der Waals surface area contributed by atoms with Crippen LogP contribution in [0.4, 0.5) is 14.9 Å². The molecule has 5 nitrogen and oxygen atoms in total. The van der Waals surface area contributed by atoms with Crippen LogP contribution in [-0.2, 0) is 21.0 Å². The van der Waals surface area contributed by atoms with Crippen molar-refractivity contribution in [2.75, 3.05) is 23.7 Å². The summed E-state index contributed by atoms with van der Waals surface area (Å²) in [5.41, 5.74) is 3.95. The first-order valence-corrected chi connectivity index (χ1v) is 17.1. The van der Waals surface area contributed by atoms with Crippen molar-refractivity contribution in [3.63, 3.8) is 0 Å². The molecule has 0 radical (unpaired) electrons. The quantitative estimate of drug-likeness (QED) is 0.127. The van der Waals surface area contributed by atoms with Crippen molar-refractivity contribution in [2.45, 2.75) is 50.3 Å². The third-order valence-electron chi connectivity index (χ3n) is 7.79. The molecule has 0 aliphatic carbocycles. The smallest absolute Gasteiger partial charge is 0.411 e. The van der Waals surface area contributed by atoms with E-state index < -0.39 is 23.1 Å². The number of halogens is 2. The molecule has 45 heavy (non-hydrogen) atoms. The topological polar surface area (TPSA) is 49.9 Å². The molecule has 4 aromatic carbocycles. The van der Waals surface area contributed by atoms with Gasteiger partial charge in [0.25, 0.3) is 0 Å². The van der Waals surface area contributed by atoms with E-state index in [0.29, 0.717) is 30.0 Å². The van der Waals surface area contributed by atoms with Crippen LogP contribution in [-0.4, -0.2) is 47.4 Å². The van der Waals surface area contributed by atoms with Crippen molar-refractivity contribution >= 4 is 52.0 Å². The molecule has 0 saturated carbocycles. The molecule has 234 valence electrons. The second-order valence-electron chi connectivity index (χ2n) is 12.1. The molecule has 5 rings (SSSR count). The van der Waals surface area contributed by atoms with Crippen molar-refractivity contribution in [2.24, 2.45) is 0 Å². The van der Waals surface area contributed by atoms with E-state index in [1.807, 2.05) is 56.8 Å². The van der Waals surface area contributed by atoms with Crippen LogP contribution in [0.2, 0.25) is 0 Å². The molecule has 1 aliphatic heterocycles. The average Bonchev–Trinajstić information content (AvgIpc) is 3.03. The molecule has 0 spiro atoms. The number of nitrogens with zero attached hydrogens (tertiary/aromatic N) is 2. The standard InChI is InChI=1S/C37H38FIN2O3S/c1-36(2,3)44-35(43)41-26-34(42)40(33-22-27(24-38)21-31(39)23-33)25-32(41)19-20-45-37(28-13-7-4-8-14-28,29-15-9-5-10-16-29)30-17-11-6-12-18-30/h4-18,21-23,32H,19-20,24-26H2,1-3H3. The lowest BCUT2D eigenvalue weighted by molar-refractivity contribution is -0.122. The fourth-order valence-electron chi connectivity index (χ4n) is 5.78. The molecule has 1 atom stereocenters. The lowest BCUT2D eigenvalue weighted by Gasteiger charge is -2.42. The van der Waals surface area contributed by atoms with E-state index in [-0.39, 0.29) is 18.5 Å². The first-order chi connectivity index (χ1) is 21.6. The van der Waals surface area contributed by atoms with Crippen LogP contribution in [0, 0.1) is 3.57 Å². The van der Waals surface area contributed by atoms with E-state index >= 15 is 0 Å². The lowest BCUT2D eigenvalue weighted by Crippen LogP contribution is -2.59. The summed E-state index contributed by atoms with van der Waals surface area (Å²) in [5, 5.41) is 0. The number of thioether (sulfide) groups is 1. The third kappa shape index (κ3) is 7.72. The number of hydrogen-bond acceptors (Lipinski definition) is 4. The second kappa shape index (κ2) is 14.4. The molecule has 1 unspecified atom stereocenters. The largest absolute Gasteiger partial charge is 0.444 e. The maximum Gasteiger partial charge on any atom is 0.411 e. The first-order valence-electron chi connectivity index (χ1n) is 15.1. The Kier molecular flexibility index (Phi) is 10.5. The summed E-state index contributed by atoms with van der Waals surface area (Å²) >= 11 is 3.97. The number of carbonyl (C=O) groups excluding carboxylic acids is 2. The molecule has 1 fully saturated rings. The normalized spacial score (nSPS) is 15.7. The summed E-state index contributed by atoms with van der Waals surface area (Å²) < 4.78 is 19.8. The fraction of sp³-hybridized carbons (Fsp3) is 0.297. The minimum Gasteiger partial charge on any atom is -0.444 e. The van der Waals surface area contributed by atoms with Crippen LogP contribution in [0.5, 0.6) is 0 Å². The average molecular weight is 737 g/mol. The number of rotatable bonds is 9. The third-order valence-corrected chi connectivity index (χ3v) is 9.99. The Morgan fingerprint density at radius 3 is 1.91 bits per heavy atom. The van der Waals surface area contributed by atoms with Gasteiger partial charge < -0.3 is 9.64 Å². The van der Waals surface area contributed by atoms with E-state index in [9.17, 15) is 14.0 Å². The molecule has 8 heteroatoms.